The van der Waals surface area contributed by atoms with Gasteiger partial charge in [0.1, 0.15) is 0 Å². The van der Waals surface area contributed by atoms with Gasteiger partial charge in [-0.15, -0.1) is 11.3 Å². The van der Waals surface area contributed by atoms with E-state index in [0.717, 1.165) is 23.5 Å². The Kier molecular flexibility index (Phi) is 5.38. The molecule has 3 nitrogen and oxygen atoms in total. The van der Waals surface area contributed by atoms with Gasteiger partial charge in [0.25, 0.3) is 0 Å². The first-order valence-corrected chi connectivity index (χ1v) is 6.62. The molecule has 0 aliphatic rings. The van der Waals surface area contributed by atoms with Crippen molar-refractivity contribution >= 4 is 11.3 Å². The number of ether oxygens (including phenoxy) is 1. The number of thiazole rings is 1. The van der Waals surface area contributed by atoms with Crippen LogP contribution in [0.15, 0.2) is 5.38 Å². The van der Waals surface area contributed by atoms with Crippen LogP contribution in [0.5, 0.6) is 0 Å². The lowest BCUT2D eigenvalue weighted by molar-refractivity contribution is 0.118. The molecule has 1 heterocycles. The van der Waals surface area contributed by atoms with E-state index < -0.39 is 0 Å². The third-order valence-corrected chi connectivity index (χ3v) is 3.68. The Labute approximate surface area is 102 Å². The normalized spacial score (nSPS) is 15.4. The molecule has 0 aromatic carbocycles. The molecule has 4 heteroatoms. The summed E-state index contributed by atoms with van der Waals surface area (Å²) in [7, 11) is 1.73. The third-order valence-electron chi connectivity index (χ3n) is 2.76. The Morgan fingerprint density at radius 2 is 2.06 bits per heavy atom. The third kappa shape index (κ3) is 4.20. The van der Waals surface area contributed by atoms with Gasteiger partial charge in [0.2, 0.25) is 0 Å². The highest BCUT2D eigenvalue weighted by Gasteiger charge is 2.12. The Hall–Kier alpha value is -0.450. The Morgan fingerprint density at radius 1 is 1.38 bits per heavy atom. The van der Waals surface area contributed by atoms with Crippen molar-refractivity contribution in [3.05, 3.63) is 16.1 Å². The molecule has 1 aromatic heterocycles. The van der Waals surface area contributed by atoms with E-state index in [1.54, 1.807) is 18.4 Å². The van der Waals surface area contributed by atoms with Crippen LogP contribution in [0.2, 0.25) is 0 Å². The molecule has 0 spiro atoms. The summed E-state index contributed by atoms with van der Waals surface area (Å²) in [5.41, 5.74) is 7.14. The van der Waals surface area contributed by atoms with Gasteiger partial charge in [-0.3, -0.25) is 0 Å². The van der Waals surface area contributed by atoms with Gasteiger partial charge in [-0.05, 0) is 12.8 Å². The average Bonchev–Trinajstić information content (AvgIpc) is 2.65. The van der Waals surface area contributed by atoms with Crippen molar-refractivity contribution in [1.82, 2.24) is 4.98 Å². The van der Waals surface area contributed by atoms with Crippen LogP contribution in [-0.2, 0) is 17.6 Å². The van der Waals surface area contributed by atoms with Gasteiger partial charge < -0.3 is 10.5 Å². The predicted molar refractivity (Wildman–Crippen MR) is 68.8 cm³/mol. The van der Waals surface area contributed by atoms with Gasteiger partial charge in [-0.2, -0.15) is 0 Å². The van der Waals surface area contributed by atoms with Crippen molar-refractivity contribution in [2.24, 2.45) is 11.7 Å². The molecular formula is C12H22N2OS. The van der Waals surface area contributed by atoms with E-state index in [-0.39, 0.29) is 12.1 Å². The number of hydrogen-bond donors (Lipinski definition) is 1. The topological polar surface area (TPSA) is 48.1 Å². The van der Waals surface area contributed by atoms with Crippen LogP contribution in [0.4, 0.5) is 0 Å². The monoisotopic (exact) mass is 242 g/mol. The highest BCUT2D eigenvalue weighted by molar-refractivity contribution is 7.09. The molecule has 2 atom stereocenters. The summed E-state index contributed by atoms with van der Waals surface area (Å²) in [5, 5.41) is 3.25. The fourth-order valence-electron chi connectivity index (χ4n) is 1.34. The van der Waals surface area contributed by atoms with E-state index in [0.29, 0.717) is 5.92 Å². The van der Waals surface area contributed by atoms with Crippen LogP contribution < -0.4 is 5.73 Å². The Bertz CT molecular complexity index is 312. The van der Waals surface area contributed by atoms with Crippen LogP contribution in [0.1, 0.15) is 31.5 Å². The van der Waals surface area contributed by atoms with E-state index in [4.69, 9.17) is 10.5 Å². The van der Waals surface area contributed by atoms with Gasteiger partial charge in [-0.1, -0.05) is 13.8 Å². The fraction of sp³-hybridized carbons (Fsp3) is 0.750. The van der Waals surface area contributed by atoms with Crippen molar-refractivity contribution in [2.45, 2.75) is 45.8 Å². The molecule has 2 unspecified atom stereocenters. The van der Waals surface area contributed by atoms with Gasteiger partial charge in [-0.25, -0.2) is 4.98 Å². The largest absolute Gasteiger partial charge is 0.381 e. The summed E-state index contributed by atoms with van der Waals surface area (Å²) in [6.45, 7) is 6.34. The molecule has 16 heavy (non-hydrogen) atoms. The van der Waals surface area contributed by atoms with Crippen LogP contribution in [0.25, 0.3) is 0 Å². The van der Waals surface area contributed by atoms with Crippen molar-refractivity contribution in [3.8, 4) is 0 Å². The minimum atomic E-state index is 0.204. The van der Waals surface area contributed by atoms with Gasteiger partial charge in [0, 0.05) is 31.4 Å². The van der Waals surface area contributed by atoms with E-state index in [1.807, 2.05) is 0 Å². The van der Waals surface area contributed by atoms with Crippen molar-refractivity contribution in [3.63, 3.8) is 0 Å². The lowest BCUT2D eigenvalue weighted by Gasteiger charge is -2.13. The second-order valence-corrected chi connectivity index (χ2v) is 5.54. The molecule has 0 radical (unpaired) electrons. The molecule has 0 aliphatic carbocycles. The van der Waals surface area contributed by atoms with Gasteiger partial charge in [0.05, 0.1) is 16.8 Å². The maximum Gasteiger partial charge on any atom is 0.0954 e. The molecule has 1 rings (SSSR count). The highest BCUT2D eigenvalue weighted by atomic mass is 32.1. The van der Waals surface area contributed by atoms with Crippen molar-refractivity contribution < 1.29 is 4.74 Å². The smallest absolute Gasteiger partial charge is 0.0954 e. The first kappa shape index (κ1) is 13.6. The number of rotatable bonds is 6. The summed E-state index contributed by atoms with van der Waals surface area (Å²) >= 11 is 1.70. The lowest BCUT2D eigenvalue weighted by atomic mass is 10.0. The van der Waals surface area contributed by atoms with Crippen molar-refractivity contribution in [2.75, 3.05) is 7.11 Å². The molecule has 2 N–H and O–H groups in total. The Balaban J connectivity index is 2.51. The number of methoxy groups -OCH3 is 1. The second kappa shape index (κ2) is 6.33. The predicted octanol–water partition coefficient (Wildman–Crippen LogP) is 2.25. The first-order valence-electron chi connectivity index (χ1n) is 5.74. The summed E-state index contributed by atoms with van der Waals surface area (Å²) in [5.74, 6) is 0.503. The zero-order chi connectivity index (χ0) is 12.1. The molecule has 0 bridgehead atoms. The lowest BCUT2D eigenvalue weighted by Crippen LogP contribution is -2.28. The van der Waals surface area contributed by atoms with E-state index in [9.17, 15) is 0 Å². The molecule has 0 saturated heterocycles. The zero-order valence-electron chi connectivity index (χ0n) is 10.6. The molecule has 0 saturated carbocycles. The van der Waals surface area contributed by atoms with E-state index in [1.165, 1.54) is 0 Å². The van der Waals surface area contributed by atoms with Crippen LogP contribution >= 0.6 is 11.3 Å². The number of nitrogens with two attached hydrogens (primary N) is 1. The SMILES string of the molecule is COC(C)Cc1nc(CC(N)C(C)C)cs1. The summed E-state index contributed by atoms with van der Waals surface area (Å²) in [6, 6.07) is 0.204. The summed E-state index contributed by atoms with van der Waals surface area (Å²) in [4.78, 5) is 4.58. The second-order valence-electron chi connectivity index (χ2n) is 4.60. The minimum absolute atomic E-state index is 0.204. The van der Waals surface area contributed by atoms with Crippen LogP contribution in [0.3, 0.4) is 0 Å². The van der Waals surface area contributed by atoms with E-state index in [2.05, 4.69) is 31.1 Å². The fourth-order valence-corrected chi connectivity index (χ4v) is 2.26. The molecule has 0 fully saturated rings. The molecule has 92 valence electrons. The standard InChI is InChI=1S/C12H22N2OS/c1-8(2)11(13)6-10-7-16-12(14-10)5-9(3)15-4/h7-9,11H,5-6,13H2,1-4H3. The highest BCUT2D eigenvalue weighted by Crippen LogP contribution is 2.15. The maximum atomic E-state index is 6.03. The van der Waals surface area contributed by atoms with Crippen LogP contribution in [-0.4, -0.2) is 24.2 Å². The first-order chi connectivity index (χ1) is 7.52. The summed E-state index contributed by atoms with van der Waals surface area (Å²) < 4.78 is 5.22. The molecular weight excluding hydrogens is 220 g/mol. The number of hydrogen-bond acceptors (Lipinski definition) is 4. The Morgan fingerprint density at radius 3 is 2.62 bits per heavy atom. The maximum absolute atomic E-state index is 6.03. The van der Waals surface area contributed by atoms with Crippen molar-refractivity contribution in [1.29, 1.82) is 0 Å². The molecule has 1 aromatic rings. The number of aromatic nitrogens is 1. The van der Waals surface area contributed by atoms with Gasteiger partial charge in [0.15, 0.2) is 0 Å². The van der Waals surface area contributed by atoms with E-state index >= 15 is 0 Å². The van der Waals surface area contributed by atoms with Crippen LogP contribution in [0, 0.1) is 5.92 Å². The quantitative estimate of drug-likeness (QED) is 0.832. The summed E-state index contributed by atoms with van der Waals surface area (Å²) in [6.07, 6.45) is 1.99. The minimum Gasteiger partial charge on any atom is -0.381 e. The molecule has 0 aliphatic heterocycles. The number of nitrogens with zero attached hydrogens (tertiary/aromatic N) is 1. The molecule has 0 amide bonds. The zero-order valence-corrected chi connectivity index (χ0v) is 11.4. The average molecular weight is 242 g/mol. The van der Waals surface area contributed by atoms with Gasteiger partial charge >= 0.3 is 0 Å².